The molecule has 0 spiro atoms. The summed E-state index contributed by atoms with van der Waals surface area (Å²) in [7, 11) is -2.56. The summed E-state index contributed by atoms with van der Waals surface area (Å²) in [4.78, 5) is 2.37. The van der Waals surface area contributed by atoms with Gasteiger partial charge in [0.2, 0.25) is 0 Å². The van der Waals surface area contributed by atoms with Crippen molar-refractivity contribution in [2.24, 2.45) is 0 Å². The molecule has 4 nitrogen and oxygen atoms in total. The lowest BCUT2D eigenvalue weighted by atomic mass is 10.2. The Morgan fingerprint density at radius 2 is 1.47 bits per heavy atom. The first-order chi connectivity index (χ1) is 8.03. The minimum atomic E-state index is -2.56. The lowest BCUT2D eigenvalue weighted by molar-refractivity contribution is -0.0774. The molecular weight excluding hydrogens is 234 g/mol. The third-order valence-corrected chi connectivity index (χ3v) is 6.16. The molecule has 0 saturated carbocycles. The zero-order chi connectivity index (χ0) is 12.5. The quantitative estimate of drug-likeness (QED) is 0.556. The van der Waals surface area contributed by atoms with Crippen LogP contribution in [0.1, 0.15) is 20.8 Å². The third kappa shape index (κ3) is 3.17. The van der Waals surface area contributed by atoms with E-state index in [-0.39, 0.29) is 18.3 Å². The standard InChI is InChI=1S/C12H23NO3Si/c1-5-6-17-14-10(2)7-13(8-11(3)15-17)9-12(4)16-17/h5,10-12H,1,6-9H2,2-4H3. The summed E-state index contributed by atoms with van der Waals surface area (Å²) < 4.78 is 18.3. The van der Waals surface area contributed by atoms with Crippen molar-refractivity contribution in [3.8, 4) is 0 Å². The van der Waals surface area contributed by atoms with E-state index in [2.05, 4.69) is 32.3 Å². The topological polar surface area (TPSA) is 30.9 Å². The summed E-state index contributed by atoms with van der Waals surface area (Å²) in [5, 5.41) is 0. The highest BCUT2D eigenvalue weighted by atomic mass is 28.4. The first kappa shape index (κ1) is 13.2. The Hall–Kier alpha value is -0.203. The fourth-order valence-corrected chi connectivity index (χ4v) is 5.62. The highest BCUT2D eigenvalue weighted by Gasteiger charge is 2.48. The molecule has 3 aliphatic heterocycles. The molecule has 2 bridgehead atoms. The van der Waals surface area contributed by atoms with Crippen LogP contribution < -0.4 is 0 Å². The van der Waals surface area contributed by atoms with Crippen molar-refractivity contribution in [2.75, 3.05) is 19.6 Å². The van der Waals surface area contributed by atoms with Crippen LogP contribution in [0.4, 0.5) is 0 Å². The largest absolute Gasteiger partial charge is 0.505 e. The molecule has 3 unspecified atom stereocenters. The maximum atomic E-state index is 6.11. The second kappa shape index (κ2) is 5.20. The Bertz CT molecular complexity index is 251. The first-order valence-corrected chi connectivity index (χ1v) is 8.33. The summed E-state index contributed by atoms with van der Waals surface area (Å²) in [5.74, 6) is 0. The van der Waals surface area contributed by atoms with Crippen LogP contribution in [0.3, 0.4) is 0 Å². The SMILES string of the molecule is C=CC[Si]12OC(C)CN(CC(C)O1)CC(C)O2. The molecule has 0 amide bonds. The summed E-state index contributed by atoms with van der Waals surface area (Å²) >= 11 is 0. The lowest BCUT2D eigenvalue weighted by Gasteiger charge is -2.45. The van der Waals surface area contributed by atoms with Crippen molar-refractivity contribution in [3.05, 3.63) is 12.7 Å². The van der Waals surface area contributed by atoms with Gasteiger partial charge in [-0.05, 0) is 20.8 Å². The molecule has 0 N–H and O–H groups in total. The molecule has 0 aromatic carbocycles. The molecule has 0 aromatic heterocycles. The van der Waals surface area contributed by atoms with Crippen LogP contribution in [0.5, 0.6) is 0 Å². The number of hydrogen-bond donors (Lipinski definition) is 0. The van der Waals surface area contributed by atoms with E-state index >= 15 is 0 Å². The molecular formula is C12H23NO3Si. The Balaban J connectivity index is 2.25. The van der Waals surface area contributed by atoms with Gasteiger partial charge in [-0.1, -0.05) is 6.08 Å². The number of hydrogen-bond acceptors (Lipinski definition) is 4. The van der Waals surface area contributed by atoms with E-state index in [1.54, 1.807) is 0 Å². The molecule has 3 aliphatic rings. The van der Waals surface area contributed by atoms with Crippen molar-refractivity contribution in [3.63, 3.8) is 0 Å². The second-order valence-electron chi connectivity index (χ2n) is 5.18. The Morgan fingerprint density at radius 1 is 1.06 bits per heavy atom. The summed E-state index contributed by atoms with van der Waals surface area (Å²) in [6.07, 6.45) is 2.36. The maximum absolute atomic E-state index is 6.11. The molecule has 0 aliphatic carbocycles. The predicted octanol–water partition coefficient (Wildman–Crippen LogP) is 1.66. The van der Waals surface area contributed by atoms with Gasteiger partial charge in [0.1, 0.15) is 0 Å². The highest BCUT2D eigenvalue weighted by molar-refractivity contribution is 6.61. The summed E-state index contributed by atoms with van der Waals surface area (Å²) in [5.41, 5.74) is 0. The van der Waals surface area contributed by atoms with Gasteiger partial charge in [0.15, 0.2) is 0 Å². The normalized spacial score (nSPS) is 47.0. The molecule has 3 fully saturated rings. The average Bonchev–Trinajstić information content (AvgIpc) is 2.11. The molecule has 0 aromatic rings. The summed E-state index contributed by atoms with van der Waals surface area (Å²) in [6.45, 7) is 13.0. The van der Waals surface area contributed by atoms with Crippen LogP contribution in [0.2, 0.25) is 6.04 Å². The highest BCUT2D eigenvalue weighted by Crippen LogP contribution is 2.27. The smallest absolute Gasteiger partial charge is 0.369 e. The van der Waals surface area contributed by atoms with Gasteiger partial charge in [-0.3, -0.25) is 4.90 Å². The van der Waals surface area contributed by atoms with Crippen LogP contribution in [0.25, 0.3) is 0 Å². The molecule has 5 heteroatoms. The van der Waals surface area contributed by atoms with Crippen LogP contribution >= 0.6 is 0 Å². The van der Waals surface area contributed by atoms with E-state index in [1.807, 2.05) is 6.08 Å². The Labute approximate surface area is 105 Å². The van der Waals surface area contributed by atoms with Crippen molar-refractivity contribution >= 4 is 8.80 Å². The van der Waals surface area contributed by atoms with Crippen LogP contribution in [-0.2, 0) is 13.3 Å². The van der Waals surface area contributed by atoms with Crippen LogP contribution in [0, 0.1) is 0 Å². The van der Waals surface area contributed by atoms with Gasteiger partial charge in [-0.2, -0.15) is 0 Å². The van der Waals surface area contributed by atoms with Crippen molar-refractivity contribution in [1.82, 2.24) is 4.90 Å². The zero-order valence-electron chi connectivity index (χ0n) is 11.0. The molecule has 0 radical (unpaired) electrons. The third-order valence-electron chi connectivity index (χ3n) is 3.08. The van der Waals surface area contributed by atoms with E-state index in [9.17, 15) is 0 Å². The minimum Gasteiger partial charge on any atom is -0.369 e. The summed E-state index contributed by atoms with van der Waals surface area (Å²) in [6, 6.07) is 0.700. The van der Waals surface area contributed by atoms with Gasteiger partial charge in [0, 0.05) is 25.7 Å². The molecule has 17 heavy (non-hydrogen) atoms. The predicted molar refractivity (Wildman–Crippen MR) is 68.8 cm³/mol. The first-order valence-electron chi connectivity index (χ1n) is 6.40. The number of nitrogens with zero attached hydrogens (tertiary/aromatic N) is 1. The maximum Gasteiger partial charge on any atom is 0.505 e. The van der Waals surface area contributed by atoms with Crippen LogP contribution in [0.15, 0.2) is 12.7 Å². The lowest BCUT2D eigenvalue weighted by Crippen LogP contribution is -2.61. The molecule has 3 rings (SSSR count). The molecule has 3 heterocycles. The fraction of sp³-hybridized carbons (Fsp3) is 0.833. The van der Waals surface area contributed by atoms with E-state index in [1.165, 1.54) is 0 Å². The second-order valence-corrected chi connectivity index (χ2v) is 7.66. The Morgan fingerprint density at radius 3 is 1.82 bits per heavy atom. The van der Waals surface area contributed by atoms with Gasteiger partial charge < -0.3 is 13.3 Å². The average molecular weight is 257 g/mol. The van der Waals surface area contributed by atoms with E-state index < -0.39 is 8.80 Å². The minimum absolute atomic E-state index is 0.168. The van der Waals surface area contributed by atoms with Gasteiger partial charge in [-0.25, -0.2) is 0 Å². The number of allylic oxidation sites excluding steroid dienone is 1. The Kier molecular flexibility index (Phi) is 4.05. The van der Waals surface area contributed by atoms with E-state index in [0.717, 1.165) is 19.6 Å². The molecule has 3 atom stereocenters. The van der Waals surface area contributed by atoms with Gasteiger partial charge in [0.05, 0.1) is 18.3 Å². The molecule has 3 saturated heterocycles. The number of fused-ring (bicyclic) bond motifs is 6. The van der Waals surface area contributed by atoms with E-state index in [4.69, 9.17) is 13.3 Å². The van der Waals surface area contributed by atoms with Crippen molar-refractivity contribution in [1.29, 1.82) is 0 Å². The van der Waals surface area contributed by atoms with Crippen molar-refractivity contribution < 1.29 is 13.3 Å². The van der Waals surface area contributed by atoms with Crippen molar-refractivity contribution in [2.45, 2.75) is 45.1 Å². The molecule has 98 valence electrons. The number of rotatable bonds is 2. The van der Waals surface area contributed by atoms with E-state index in [0.29, 0.717) is 6.04 Å². The fourth-order valence-electron chi connectivity index (χ4n) is 2.75. The van der Waals surface area contributed by atoms with Gasteiger partial charge in [-0.15, -0.1) is 6.58 Å². The monoisotopic (exact) mass is 257 g/mol. The van der Waals surface area contributed by atoms with Gasteiger partial charge in [0.25, 0.3) is 0 Å². The van der Waals surface area contributed by atoms with Crippen LogP contribution in [-0.4, -0.2) is 51.7 Å². The van der Waals surface area contributed by atoms with Gasteiger partial charge >= 0.3 is 8.80 Å². The zero-order valence-corrected chi connectivity index (χ0v) is 12.0.